The lowest BCUT2D eigenvalue weighted by molar-refractivity contribution is -0.142. The second kappa shape index (κ2) is 7.98. The highest BCUT2D eigenvalue weighted by atomic mass is 16.5. The summed E-state index contributed by atoms with van der Waals surface area (Å²) in [5, 5.41) is 6.81. The van der Waals surface area contributed by atoms with Crippen LogP contribution < -0.4 is 0 Å². The number of carbonyl (C=O) groups excluding carboxylic acids is 1. The summed E-state index contributed by atoms with van der Waals surface area (Å²) in [6, 6.07) is 0. The van der Waals surface area contributed by atoms with Crippen molar-refractivity contribution in [3.8, 4) is 0 Å². The lowest BCUT2D eigenvalue weighted by Gasteiger charge is -2.01. The molecular formula is C11H15NO2. The highest BCUT2D eigenvalue weighted by Gasteiger charge is 2.02. The van der Waals surface area contributed by atoms with E-state index in [0.717, 1.165) is 11.8 Å². The Morgan fingerprint density at radius 1 is 1.57 bits per heavy atom. The van der Waals surface area contributed by atoms with Gasteiger partial charge in [0.2, 0.25) is 0 Å². The molecule has 0 saturated heterocycles. The van der Waals surface area contributed by atoms with Crippen molar-refractivity contribution in [2.24, 2.45) is 0 Å². The Hall–Kier alpha value is -1.64. The van der Waals surface area contributed by atoms with Crippen molar-refractivity contribution in [2.75, 3.05) is 6.61 Å². The van der Waals surface area contributed by atoms with Crippen LogP contribution in [0.1, 0.15) is 13.3 Å². The first-order valence-corrected chi connectivity index (χ1v) is 4.39. The molecule has 3 nitrogen and oxygen atoms in total. The minimum absolute atomic E-state index is 0.212. The van der Waals surface area contributed by atoms with Crippen molar-refractivity contribution in [3.05, 3.63) is 36.5 Å². The van der Waals surface area contributed by atoms with E-state index in [9.17, 15) is 4.79 Å². The summed E-state index contributed by atoms with van der Waals surface area (Å²) in [4.78, 5) is 11.1. The van der Waals surface area contributed by atoms with Gasteiger partial charge in [0.05, 0.1) is 13.0 Å². The summed E-state index contributed by atoms with van der Waals surface area (Å²) in [5.41, 5.74) is 0.780. The minimum Gasteiger partial charge on any atom is -0.466 e. The Morgan fingerprint density at radius 2 is 2.29 bits per heavy atom. The largest absolute Gasteiger partial charge is 0.466 e. The Bertz CT molecular complexity index is 264. The van der Waals surface area contributed by atoms with Crippen molar-refractivity contribution in [2.45, 2.75) is 13.3 Å². The second-order valence-electron chi connectivity index (χ2n) is 2.48. The van der Waals surface area contributed by atoms with E-state index in [1.807, 2.05) is 0 Å². The molecule has 0 aliphatic carbocycles. The molecular weight excluding hydrogens is 178 g/mol. The molecule has 0 spiro atoms. The van der Waals surface area contributed by atoms with Crippen LogP contribution in [0.2, 0.25) is 0 Å². The van der Waals surface area contributed by atoms with Crippen LogP contribution in [0.15, 0.2) is 36.5 Å². The van der Waals surface area contributed by atoms with Crippen LogP contribution >= 0.6 is 0 Å². The van der Waals surface area contributed by atoms with E-state index in [1.54, 1.807) is 31.2 Å². The number of hydrogen-bond acceptors (Lipinski definition) is 3. The SMILES string of the molecule is C=C/C=C(\C=C/C=N)CC(=O)OCC. The predicted molar refractivity (Wildman–Crippen MR) is 57.5 cm³/mol. The summed E-state index contributed by atoms with van der Waals surface area (Å²) in [7, 11) is 0. The van der Waals surface area contributed by atoms with E-state index in [4.69, 9.17) is 10.1 Å². The maximum absolute atomic E-state index is 11.1. The van der Waals surface area contributed by atoms with Crippen molar-refractivity contribution in [3.63, 3.8) is 0 Å². The third kappa shape index (κ3) is 5.94. The molecule has 3 heteroatoms. The topological polar surface area (TPSA) is 50.2 Å². The molecule has 0 heterocycles. The van der Waals surface area contributed by atoms with Crippen LogP contribution in [-0.2, 0) is 9.53 Å². The highest BCUT2D eigenvalue weighted by Crippen LogP contribution is 2.05. The summed E-state index contributed by atoms with van der Waals surface area (Å²) >= 11 is 0. The molecule has 0 aromatic rings. The molecule has 1 N–H and O–H groups in total. The quantitative estimate of drug-likeness (QED) is 0.399. The summed E-state index contributed by atoms with van der Waals surface area (Å²) < 4.78 is 4.79. The monoisotopic (exact) mass is 193 g/mol. The first-order chi connectivity index (χ1) is 6.74. The fourth-order valence-electron chi connectivity index (χ4n) is 0.875. The molecule has 0 atom stereocenters. The number of rotatable bonds is 6. The summed E-state index contributed by atoms with van der Waals surface area (Å²) in [5.74, 6) is -0.268. The Morgan fingerprint density at radius 3 is 2.79 bits per heavy atom. The van der Waals surface area contributed by atoms with Crippen LogP contribution in [0.25, 0.3) is 0 Å². The van der Waals surface area contributed by atoms with Gasteiger partial charge >= 0.3 is 5.97 Å². The van der Waals surface area contributed by atoms with Crippen molar-refractivity contribution in [1.82, 2.24) is 0 Å². The van der Waals surface area contributed by atoms with Crippen molar-refractivity contribution >= 4 is 12.2 Å². The van der Waals surface area contributed by atoms with E-state index < -0.39 is 0 Å². The van der Waals surface area contributed by atoms with Gasteiger partial charge in [-0.2, -0.15) is 0 Å². The van der Waals surface area contributed by atoms with E-state index in [2.05, 4.69) is 6.58 Å². The van der Waals surface area contributed by atoms with Crippen molar-refractivity contribution in [1.29, 1.82) is 5.41 Å². The maximum Gasteiger partial charge on any atom is 0.310 e. The highest BCUT2D eigenvalue weighted by molar-refractivity contribution is 5.75. The summed E-state index contributed by atoms with van der Waals surface area (Å²) in [6.07, 6.45) is 7.92. The number of ether oxygens (including phenoxy) is 1. The van der Waals surface area contributed by atoms with Crippen LogP contribution in [0.5, 0.6) is 0 Å². The van der Waals surface area contributed by atoms with Gasteiger partial charge in [-0.05, 0) is 18.6 Å². The molecule has 0 bridgehead atoms. The number of nitrogens with one attached hydrogen (secondary N) is 1. The van der Waals surface area contributed by atoms with Gasteiger partial charge in [-0.15, -0.1) is 0 Å². The average molecular weight is 193 g/mol. The van der Waals surface area contributed by atoms with E-state index in [0.29, 0.717) is 6.61 Å². The van der Waals surface area contributed by atoms with Gasteiger partial charge in [0.1, 0.15) is 0 Å². The third-order valence-electron chi connectivity index (χ3n) is 1.39. The fraction of sp³-hybridized carbons (Fsp3) is 0.273. The van der Waals surface area contributed by atoms with E-state index >= 15 is 0 Å². The number of hydrogen-bond donors (Lipinski definition) is 1. The standard InChI is InChI=1S/C11H15NO2/c1-3-6-10(7-5-8-12)9-11(13)14-4-2/h3,5-8,12H,1,4,9H2,2H3/b7-5-,10-6+,12-8?. The van der Waals surface area contributed by atoms with Gasteiger partial charge in [0.25, 0.3) is 0 Å². The zero-order valence-electron chi connectivity index (χ0n) is 8.32. The lowest BCUT2D eigenvalue weighted by Crippen LogP contribution is -2.04. The molecule has 0 unspecified atom stereocenters. The third-order valence-corrected chi connectivity index (χ3v) is 1.39. The van der Waals surface area contributed by atoms with Gasteiger partial charge in [-0.3, -0.25) is 4.79 Å². The Balaban J connectivity index is 4.30. The molecule has 0 saturated carbocycles. The predicted octanol–water partition coefficient (Wildman–Crippen LogP) is 2.26. The zero-order valence-corrected chi connectivity index (χ0v) is 8.32. The van der Waals surface area contributed by atoms with Gasteiger partial charge in [-0.1, -0.05) is 24.8 Å². The molecule has 0 aliphatic heterocycles. The zero-order chi connectivity index (χ0) is 10.8. The minimum atomic E-state index is -0.268. The normalized spacial score (nSPS) is 11.4. The number of carbonyl (C=O) groups is 1. The molecule has 0 aromatic heterocycles. The molecule has 0 fully saturated rings. The Labute approximate surface area is 84.3 Å². The van der Waals surface area contributed by atoms with Gasteiger partial charge in [-0.25, -0.2) is 0 Å². The fourth-order valence-corrected chi connectivity index (χ4v) is 0.875. The summed E-state index contributed by atoms with van der Waals surface area (Å²) in [6.45, 7) is 5.69. The van der Waals surface area contributed by atoms with Crippen LogP contribution in [-0.4, -0.2) is 18.8 Å². The molecule has 76 valence electrons. The van der Waals surface area contributed by atoms with Crippen LogP contribution in [0.4, 0.5) is 0 Å². The first kappa shape index (κ1) is 12.4. The average Bonchev–Trinajstić information content (AvgIpc) is 2.15. The van der Waals surface area contributed by atoms with Gasteiger partial charge < -0.3 is 10.1 Å². The smallest absolute Gasteiger partial charge is 0.310 e. The Kier molecular flexibility index (Phi) is 7.05. The lowest BCUT2D eigenvalue weighted by atomic mass is 10.1. The molecule has 14 heavy (non-hydrogen) atoms. The number of allylic oxidation sites excluding steroid dienone is 4. The second-order valence-corrected chi connectivity index (χ2v) is 2.48. The van der Waals surface area contributed by atoms with E-state index in [1.165, 1.54) is 0 Å². The maximum atomic E-state index is 11.1. The molecule has 0 radical (unpaired) electrons. The van der Waals surface area contributed by atoms with Gasteiger partial charge in [0, 0.05) is 6.21 Å². The van der Waals surface area contributed by atoms with Crippen LogP contribution in [0.3, 0.4) is 0 Å². The molecule has 0 rings (SSSR count). The molecule has 0 aromatic carbocycles. The number of esters is 1. The van der Waals surface area contributed by atoms with Crippen molar-refractivity contribution < 1.29 is 9.53 Å². The van der Waals surface area contributed by atoms with Crippen LogP contribution in [0, 0.1) is 5.41 Å². The van der Waals surface area contributed by atoms with E-state index in [-0.39, 0.29) is 12.4 Å². The molecule has 0 aliphatic rings. The van der Waals surface area contributed by atoms with Gasteiger partial charge in [0.15, 0.2) is 0 Å². The first-order valence-electron chi connectivity index (χ1n) is 4.39. The molecule has 0 amide bonds.